The van der Waals surface area contributed by atoms with Crippen LogP contribution in [-0.4, -0.2) is 49.0 Å². The quantitative estimate of drug-likeness (QED) is 0.359. The number of nitrogens with one attached hydrogen (secondary N) is 1. The van der Waals surface area contributed by atoms with E-state index in [1.165, 1.54) is 17.3 Å². The Bertz CT molecular complexity index is 1710. The number of rotatable bonds is 5. The first-order chi connectivity index (χ1) is 19.1. The van der Waals surface area contributed by atoms with Crippen LogP contribution in [0.2, 0.25) is 0 Å². The van der Waals surface area contributed by atoms with Gasteiger partial charge in [0.25, 0.3) is 11.7 Å². The number of aliphatic imine (C=N–C) groups is 1. The number of carbonyl (C=O) groups excluding carboxylic acids is 2. The van der Waals surface area contributed by atoms with Gasteiger partial charge in [0.05, 0.1) is 11.1 Å². The monoisotopic (exact) mass is 538 g/mol. The number of thioether (sulfide) groups is 1. The number of benzene rings is 3. The molecule has 0 fully saturated rings. The summed E-state index contributed by atoms with van der Waals surface area (Å²) < 4.78 is 12.4. The number of amides is 1. The predicted molar refractivity (Wildman–Crippen MR) is 147 cm³/mol. The first-order valence-electron chi connectivity index (χ1n) is 12.2. The largest absolute Gasteiger partial charge is 0.454 e. The van der Waals surface area contributed by atoms with Gasteiger partial charge in [-0.05, 0) is 47.2 Å². The van der Waals surface area contributed by atoms with Crippen molar-refractivity contribution in [2.24, 2.45) is 4.99 Å². The molecule has 10 nitrogen and oxygen atoms in total. The number of hydrogen-bond donors (Lipinski definition) is 1. The molecule has 0 aliphatic carbocycles. The average molecular weight is 539 g/mol. The van der Waals surface area contributed by atoms with Gasteiger partial charge < -0.3 is 14.8 Å². The highest BCUT2D eigenvalue weighted by Crippen LogP contribution is 2.32. The highest BCUT2D eigenvalue weighted by Gasteiger charge is 2.21. The molecule has 1 atom stereocenters. The molecule has 0 saturated heterocycles. The van der Waals surface area contributed by atoms with Gasteiger partial charge in [0.15, 0.2) is 11.5 Å². The van der Waals surface area contributed by atoms with Crippen LogP contribution in [0.5, 0.6) is 11.5 Å². The Labute approximate surface area is 227 Å². The second kappa shape index (κ2) is 10.9. The molecule has 1 amide bonds. The van der Waals surface area contributed by atoms with Crippen molar-refractivity contribution in [2.45, 2.75) is 19.0 Å². The summed E-state index contributed by atoms with van der Waals surface area (Å²) in [5.41, 5.74) is 5.13. The zero-order valence-electron chi connectivity index (χ0n) is 20.6. The zero-order valence-corrected chi connectivity index (χ0v) is 21.4. The van der Waals surface area contributed by atoms with Crippen molar-refractivity contribution in [3.8, 4) is 11.5 Å². The van der Waals surface area contributed by atoms with E-state index in [1.54, 1.807) is 28.5 Å². The van der Waals surface area contributed by atoms with Gasteiger partial charge in [-0.15, -0.1) is 10.2 Å². The van der Waals surface area contributed by atoms with Crippen molar-refractivity contribution in [2.75, 3.05) is 6.79 Å². The molecular formula is C28H22N6O4S. The minimum absolute atomic E-state index is 0.156. The number of nitrogens with zero attached hydrogens (tertiary/aromatic N) is 5. The van der Waals surface area contributed by atoms with E-state index < -0.39 is 0 Å². The van der Waals surface area contributed by atoms with Crippen LogP contribution in [0.1, 0.15) is 21.5 Å². The lowest BCUT2D eigenvalue weighted by Gasteiger charge is -2.08. The SMILES string of the molecule is O=C(NCc1ccc2c(c1)OCO2)c1ccc2cnc3nncn3c2c1.O=C1SC=NC1Cc1ccccc1. The van der Waals surface area contributed by atoms with Crippen LogP contribution in [0.25, 0.3) is 16.7 Å². The summed E-state index contributed by atoms with van der Waals surface area (Å²) in [5.74, 6) is 1.75. The number of carbonyl (C=O) groups is 2. The van der Waals surface area contributed by atoms with Crippen LogP contribution in [-0.2, 0) is 17.8 Å². The molecule has 11 heteroatoms. The van der Waals surface area contributed by atoms with Crippen LogP contribution in [0.15, 0.2) is 84.2 Å². The van der Waals surface area contributed by atoms with E-state index in [0.29, 0.717) is 23.6 Å². The van der Waals surface area contributed by atoms with Crippen molar-refractivity contribution in [3.63, 3.8) is 0 Å². The molecule has 0 spiro atoms. The van der Waals surface area contributed by atoms with Crippen molar-refractivity contribution >= 4 is 45.0 Å². The van der Waals surface area contributed by atoms with E-state index in [4.69, 9.17) is 9.47 Å². The molecule has 194 valence electrons. The molecule has 2 aliphatic heterocycles. The molecule has 2 aliphatic rings. The van der Waals surface area contributed by atoms with E-state index in [-0.39, 0.29) is 23.9 Å². The Balaban J connectivity index is 0.000000179. The summed E-state index contributed by atoms with van der Waals surface area (Å²) in [6.45, 7) is 0.626. The smallest absolute Gasteiger partial charge is 0.255 e. The van der Waals surface area contributed by atoms with Gasteiger partial charge in [0.1, 0.15) is 12.4 Å². The fraction of sp³-hybridized carbons (Fsp3) is 0.143. The van der Waals surface area contributed by atoms with Gasteiger partial charge in [0, 0.05) is 30.1 Å². The Morgan fingerprint density at radius 1 is 1.03 bits per heavy atom. The van der Waals surface area contributed by atoms with Crippen LogP contribution in [0, 0.1) is 0 Å². The highest BCUT2D eigenvalue weighted by atomic mass is 32.2. The van der Waals surface area contributed by atoms with Crippen molar-refractivity contribution in [3.05, 3.63) is 95.9 Å². The van der Waals surface area contributed by atoms with E-state index in [9.17, 15) is 9.59 Å². The van der Waals surface area contributed by atoms with Crippen LogP contribution >= 0.6 is 11.8 Å². The molecule has 0 saturated carbocycles. The lowest BCUT2D eigenvalue weighted by Crippen LogP contribution is -2.22. The average Bonchev–Trinajstić information content (AvgIpc) is 3.73. The minimum atomic E-state index is -0.164. The molecule has 2 aromatic heterocycles. The number of fused-ring (bicyclic) bond motifs is 4. The van der Waals surface area contributed by atoms with Crippen molar-refractivity contribution in [1.82, 2.24) is 24.9 Å². The van der Waals surface area contributed by atoms with Crippen molar-refractivity contribution < 1.29 is 19.1 Å². The summed E-state index contributed by atoms with van der Waals surface area (Å²) in [6, 6.07) is 20.9. The fourth-order valence-corrected chi connectivity index (χ4v) is 4.83. The third kappa shape index (κ3) is 5.43. The maximum Gasteiger partial charge on any atom is 0.255 e. The molecule has 4 heterocycles. The van der Waals surface area contributed by atoms with E-state index in [0.717, 1.165) is 28.6 Å². The fourth-order valence-electron chi connectivity index (χ4n) is 4.22. The predicted octanol–water partition coefficient (Wildman–Crippen LogP) is 3.84. The van der Waals surface area contributed by atoms with Gasteiger partial charge in [0.2, 0.25) is 11.9 Å². The summed E-state index contributed by atoms with van der Waals surface area (Å²) in [6.07, 6.45) is 4.02. The van der Waals surface area contributed by atoms with Gasteiger partial charge in [-0.1, -0.05) is 42.5 Å². The molecule has 0 bridgehead atoms. The van der Waals surface area contributed by atoms with E-state index >= 15 is 0 Å². The van der Waals surface area contributed by atoms with Gasteiger partial charge >= 0.3 is 0 Å². The van der Waals surface area contributed by atoms with E-state index in [2.05, 4.69) is 25.5 Å². The first-order valence-corrected chi connectivity index (χ1v) is 13.0. The summed E-state index contributed by atoms with van der Waals surface area (Å²) >= 11 is 1.19. The first kappa shape index (κ1) is 24.6. The van der Waals surface area contributed by atoms with Gasteiger partial charge in [-0.3, -0.25) is 19.0 Å². The molecule has 39 heavy (non-hydrogen) atoms. The van der Waals surface area contributed by atoms with Crippen LogP contribution < -0.4 is 14.8 Å². The van der Waals surface area contributed by atoms with Gasteiger partial charge in [-0.25, -0.2) is 4.98 Å². The molecule has 1 N–H and O–H groups in total. The maximum absolute atomic E-state index is 12.5. The Morgan fingerprint density at radius 3 is 2.74 bits per heavy atom. The lowest BCUT2D eigenvalue weighted by atomic mass is 10.1. The van der Waals surface area contributed by atoms with Crippen LogP contribution in [0.4, 0.5) is 0 Å². The highest BCUT2D eigenvalue weighted by molar-refractivity contribution is 8.25. The topological polar surface area (TPSA) is 120 Å². The van der Waals surface area contributed by atoms with Gasteiger partial charge in [-0.2, -0.15) is 0 Å². The Hall–Kier alpha value is -4.77. The molecule has 1 unspecified atom stereocenters. The third-order valence-electron chi connectivity index (χ3n) is 6.24. The molecule has 7 rings (SSSR count). The summed E-state index contributed by atoms with van der Waals surface area (Å²) in [7, 11) is 0. The van der Waals surface area contributed by atoms with Crippen molar-refractivity contribution in [1.29, 1.82) is 0 Å². The second-order valence-corrected chi connectivity index (χ2v) is 9.65. The van der Waals surface area contributed by atoms with E-state index in [1.807, 2.05) is 60.7 Å². The Morgan fingerprint density at radius 2 is 1.90 bits per heavy atom. The normalized spacial score (nSPS) is 15.4. The molecule has 5 aromatic rings. The standard InChI is InChI=1S/C18H13N5O3.C10H9NOS/c24-17(19-7-11-1-4-15-16(5-11)26-10-25-15)12-2-3-13-8-20-18-22-21-9-23(18)14(13)6-12;12-10-9(11-7-13-10)6-8-4-2-1-3-5-8/h1-6,8-9H,7,10H2,(H,19,24);1-5,7,9H,6H2. The summed E-state index contributed by atoms with van der Waals surface area (Å²) in [5, 5.41) is 11.8. The lowest BCUT2D eigenvalue weighted by molar-refractivity contribution is -0.111. The third-order valence-corrected chi connectivity index (χ3v) is 6.98. The number of ether oxygens (including phenoxy) is 2. The molecular weight excluding hydrogens is 516 g/mol. The number of aromatic nitrogens is 4. The zero-order chi connectivity index (χ0) is 26.6. The second-order valence-electron chi connectivity index (χ2n) is 8.80. The maximum atomic E-state index is 12.5. The number of hydrogen-bond acceptors (Lipinski definition) is 9. The minimum Gasteiger partial charge on any atom is -0.454 e. The van der Waals surface area contributed by atoms with Crippen LogP contribution in [0.3, 0.4) is 0 Å². The molecule has 0 radical (unpaired) electrons. The summed E-state index contributed by atoms with van der Waals surface area (Å²) in [4.78, 5) is 32.1. The molecule has 3 aromatic carbocycles. The Kier molecular flexibility index (Phi) is 6.88.